The van der Waals surface area contributed by atoms with E-state index in [9.17, 15) is 4.79 Å². The van der Waals surface area contributed by atoms with E-state index >= 15 is 0 Å². The number of hydrogen-bond acceptors (Lipinski definition) is 6. The van der Waals surface area contributed by atoms with Gasteiger partial charge in [0.15, 0.2) is 5.13 Å². The second kappa shape index (κ2) is 7.27. The predicted octanol–water partition coefficient (Wildman–Crippen LogP) is 3.76. The maximum atomic E-state index is 12.0. The summed E-state index contributed by atoms with van der Waals surface area (Å²) in [5.74, 6) is 1.12. The van der Waals surface area contributed by atoms with E-state index in [1.165, 1.54) is 11.3 Å². The normalized spacial score (nSPS) is 11.9. The molecular formula is C17H17N3O3S. The van der Waals surface area contributed by atoms with Crippen LogP contribution in [0.2, 0.25) is 0 Å². The van der Waals surface area contributed by atoms with Crippen LogP contribution in [-0.2, 0) is 11.2 Å². The highest BCUT2D eigenvalue weighted by Crippen LogP contribution is 2.25. The van der Waals surface area contributed by atoms with Crippen molar-refractivity contribution in [3.8, 4) is 5.75 Å². The average Bonchev–Trinajstić information content (AvgIpc) is 3.17. The molecule has 1 amide bonds. The minimum atomic E-state index is -0.203. The molecule has 0 fully saturated rings. The van der Waals surface area contributed by atoms with Gasteiger partial charge in [0.25, 0.3) is 0 Å². The van der Waals surface area contributed by atoms with E-state index in [0.717, 1.165) is 17.1 Å². The van der Waals surface area contributed by atoms with Crippen LogP contribution >= 0.6 is 11.3 Å². The molecule has 7 heteroatoms. The zero-order valence-corrected chi connectivity index (χ0v) is 14.2. The fourth-order valence-corrected chi connectivity index (χ4v) is 2.92. The molecular weight excluding hydrogens is 326 g/mol. The van der Waals surface area contributed by atoms with Crippen LogP contribution in [0.1, 0.15) is 30.2 Å². The summed E-state index contributed by atoms with van der Waals surface area (Å²) in [5, 5.41) is 8.94. The van der Waals surface area contributed by atoms with Crippen molar-refractivity contribution in [1.82, 2.24) is 10.1 Å². The highest BCUT2D eigenvalue weighted by Gasteiger charge is 2.14. The van der Waals surface area contributed by atoms with Crippen molar-refractivity contribution in [2.45, 2.75) is 26.4 Å². The lowest BCUT2D eigenvalue weighted by atomic mass is 10.3. The van der Waals surface area contributed by atoms with Crippen LogP contribution in [0.25, 0.3) is 0 Å². The Morgan fingerprint density at radius 3 is 2.88 bits per heavy atom. The largest absolute Gasteiger partial charge is 0.484 e. The van der Waals surface area contributed by atoms with Crippen LogP contribution in [-0.4, -0.2) is 16.0 Å². The number of para-hydroxylation sites is 1. The number of nitrogens with one attached hydrogen (secondary N) is 1. The van der Waals surface area contributed by atoms with Crippen molar-refractivity contribution < 1.29 is 14.1 Å². The minimum absolute atomic E-state index is 0.131. The zero-order valence-electron chi connectivity index (χ0n) is 13.4. The summed E-state index contributed by atoms with van der Waals surface area (Å²) in [6.07, 6.45) is -0.0718. The Hall–Kier alpha value is -2.67. The van der Waals surface area contributed by atoms with Gasteiger partial charge in [-0.3, -0.25) is 4.79 Å². The number of hydrogen-bond donors (Lipinski definition) is 1. The second-order valence-electron chi connectivity index (χ2n) is 5.31. The van der Waals surface area contributed by atoms with Crippen LogP contribution in [0, 0.1) is 6.92 Å². The van der Waals surface area contributed by atoms with Crippen LogP contribution in [0.5, 0.6) is 5.75 Å². The molecule has 0 aliphatic rings. The number of carbonyl (C=O) groups is 1. The Bertz CT molecular complexity index is 813. The van der Waals surface area contributed by atoms with Gasteiger partial charge in [0, 0.05) is 11.4 Å². The summed E-state index contributed by atoms with van der Waals surface area (Å²) in [4.78, 5) is 16.4. The fraction of sp³-hybridized carbons (Fsp3) is 0.235. The number of nitrogens with zero attached hydrogens (tertiary/aromatic N) is 2. The van der Waals surface area contributed by atoms with Crippen LogP contribution in [0.4, 0.5) is 5.13 Å². The predicted molar refractivity (Wildman–Crippen MR) is 91.2 cm³/mol. The van der Waals surface area contributed by atoms with E-state index in [1.807, 2.05) is 49.6 Å². The lowest BCUT2D eigenvalue weighted by Crippen LogP contribution is -2.14. The highest BCUT2D eigenvalue weighted by molar-refractivity contribution is 7.13. The van der Waals surface area contributed by atoms with Crippen molar-refractivity contribution in [1.29, 1.82) is 0 Å². The second-order valence-corrected chi connectivity index (χ2v) is 6.17. The van der Waals surface area contributed by atoms with Crippen molar-refractivity contribution in [3.63, 3.8) is 0 Å². The van der Waals surface area contributed by atoms with Gasteiger partial charge in [0.1, 0.15) is 17.6 Å². The molecule has 124 valence electrons. The summed E-state index contributed by atoms with van der Waals surface area (Å²) in [7, 11) is 0. The molecule has 1 atom stereocenters. The lowest BCUT2D eigenvalue weighted by Gasteiger charge is -2.12. The molecule has 0 bridgehead atoms. The van der Waals surface area contributed by atoms with Crippen LogP contribution in [0.3, 0.4) is 0 Å². The molecule has 3 aromatic rings. The third kappa shape index (κ3) is 4.20. The van der Waals surface area contributed by atoms with Gasteiger partial charge in [-0.15, -0.1) is 11.3 Å². The number of benzene rings is 1. The van der Waals surface area contributed by atoms with Gasteiger partial charge in [-0.2, -0.15) is 0 Å². The smallest absolute Gasteiger partial charge is 0.233 e. The van der Waals surface area contributed by atoms with Crippen molar-refractivity contribution in [2.24, 2.45) is 0 Å². The molecule has 1 aromatic carbocycles. The Kier molecular flexibility index (Phi) is 4.90. The molecule has 0 spiro atoms. The van der Waals surface area contributed by atoms with Gasteiger partial charge in [0.05, 0.1) is 17.8 Å². The van der Waals surface area contributed by atoms with Crippen molar-refractivity contribution in [2.75, 3.05) is 5.32 Å². The SMILES string of the molecule is Cc1cc(CC(=O)Nc2nc(C(C)Oc3ccccc3)cs2)on1. The standard InChI is InChI=1S/C17H17N3O3S/c1-11-8-14(23-20-11)9-16(21)19-17-18-15(10-24-17)12(2)22-13-6-4-3-5-7-13/h3-8,10,12H,9H2,1-2H3,(H,18,19,21). The topological polar surface area (TPSA) is 77.2 Å². The first-order valence-electron chi connectivity index (χ1n) is 7.49. The van der Waals surface area contributed by atoms with Gasteiger partial charge in [-0.1, -0.05) is 23.4 Å². The van der Waals surface area contributed by atoms with E-state index in [-0.39, 0.29) is 18.4 Å². The fourth-order valence-electron chi connectivity index (χ4n) is 2.12. The average molecular weight is 343 g/mol. The van der Waals surface area contributed by atoms with Crippen molar-refractivity contribution >= 4 is 22.4 Å². The molecule has 0 aliphatic heterocycles. The third-order valence-corrected chi connectivity index (χ3v) is 4.03. The number of thiazole rings is 1. The maximum Gasteiger partial charge on any atom is 0.233 e. The molecule has 3 rings (SSSR count). The molecule has 0 aliphatic carbocycles. The van der Waals surface area contributed by atoms with Gasteiger partial charge in [-0.05, 0) is 26.0 Å². The van der Waals surface area contributed by atoms with E-state index in [1.54, 1.807) is 6.07 Å². The molecule has 0 radical (unpaired) electrons. The first kappa shape index (κ1) is 16.2. The number of anilines is 1. The lowest BCUT2D eigenvalue weighted by molar-refractivity contribution is -0.115. The maximum absolute atomic E-state index is 12.0. The summed E-state index contributed by atoms with van der Waals surface area (Å²) < 4.78 is 10.9. The first-order chi connectivity index (χ1) is 11.6. The highest BCUT2D eigenvalue weighted by atomic mass is 32.1. The molecule has 6 nitrogen and oxygen atoms in total. The van der Waals surface area contributed by atoms with Crippen LogP contribution < -0.4 is 10.1 Å². The molecule has 24 heavy (non-hydrogen) atoms. The number of rotatable bonds is 6. The molecule has 2 heterocycles. The minimum Gasteiger partial charge on any atom is -0.484 e. The summed E-state index contributed by atoms with van der Waals surface area (Å²) in [5.41, 5.74) is 1.52. The van der Waals surface area contributed by atoms with E-state index in [2.05, 4.69) is 15.5 Å². The zero-order chi connectivity index (χ0) is 16.9. The Morgan fingerprint density at radius 1 is 1.38 bits per heavy atom. The molecule has 1 N–H and O–H groups in total. The molecule has 0 saturated heterocycles. The van der Waals surface area contributed by atoms with E-state index in [4.69, 9.17) is 9.26 Å². The summed E-state index contributed by atoms with van der Waals surface area (Å²) in [6.45, 7) is 3.73. The van der Waals surface area contributed by atoms with Gasteiger partial charge in [0.2, 0.25) is 5.91 Å². The number of aromatic nitrogens is 2. The Balaban J connectivity index is 1.57. The quantitative estimate of drug-likeness (QED) is 0.737. The first-order valence-corrected chi connectivity index (χ1v) is 8.37. The van der Waals surface area contributed by atoms with Gasteiger partial charge < -0.3 is 14.6 Å². The number of carbonyl (C=O) groups excluding carboxylic acids is 1. The monoisotopic (exact) mass is 343 g/mol. The third-order valence-electron chi connectivity index (χ3n) is 3.25. The molecule has 1 unspecified atom stereocenters. The van der Waals surface area contributed by atoms with Crippen LogP contribution in [0.15, 0.2) is 46.3 Å². The number of ether oxygens (including phenoxy) is 1. The number of aryl methyl sites for hydroxylation is 1. The van der Waals surface area contributed by atoms with Gasteiger partial charge in [-0.25, -0.2) is 4.98 Å². The Labute approximate surface area is 143 Å². The van der Waals surface area contributed by atoms with Gasteiger partial charge >= 0.3 is 0 Å². The van der Waals surface area contributed by atoms with Crippen molar-refractivity contribution in [3.05, 3.63) is 58.9 Å². The van der Waals surface area contributed by atoms with E-state index in [0.29, 0.717) is 10.9 Å². The Morgan fingerprint density at radius 2 is 2.17 bits per heavy atom. The summed E-state index contributed by atoms with van der Waals surface area (Å²) >= 11 is 1.36. The number of amides is 1. The summed E-state index contributed by atoms with van der Waals surface area (Å²) in [6, 6.07) is 11.3. The molecule has 2 aromatic heterocycles. The van der Waals surface area contributed by atoms with E-state index < -0.39 is 0 Å². The molecule has 0 saturated carbocycles.